The molecule has 1 fully saturated rings. The zero-order valence-corrected chi connectivity index (χ0v) is 10.3. The standard InChI is InChI=1S/C11H14BrNO2/c1-2-8-5-6-13(7-8)11(14)9-3-4-10(12)15-9/h3-4,8H,2,5-7H2,1H3. The van der Waals surface area contributed by atoms with E-state index in [2.05, 4.69) is 22.9 Å². The second-order valence-corrected chi connectivity index (χ2v) is 4.70. The first-order valence-corrected chi connectivity index (χ1v) is 6.04. The maximum atomic E-state index is 11.9. The van der Waals surface area contributed by atoms with E-state index in [-0.39, 0.29) is 5.91 Å². The highest BCUT2D eigenvalue weighted by Gasteiger charge is 2.27. The lowest BCUT2D eigenvalue weighted by atomic mass is 10.1. The Morgan fingerprint density at radius 2 is 2.47 bits per heavy atom. The van der Waals surface area contributed by atoms with Gasteiger partial charge in [-0.1, -0.05) is 13.3 Å². The second-order valence-electron chi connectivity index (χ2n) is 3.92. The predicted octanol–water partition coefficient (Wildman–Crippen LogP) is 2.91. The lowest BCUT2D eigenvalue weighted by Gasteiger charge is -2.14. The number of furan rings is 1. The molecule has 1 amide bonds. The van der Waals surface area contributed by atoms with Gasteiger partial charge in [0.15, 0.2) is 10.4 Å². The highest BCUT2D eigenvalue weighted by molar-refractivity contribution is 9.10. The minimum Gasteiger partial charge on any atom is -0.444 e. The van der Waals surface area contributed by atoms with Crippen LogP contribution in [0.4, 0.5) is 0 Å². The van der Waals surface area contributed by atoms with Crippen LogP contribution >= 0.6 is 15.9 Å². The highest BCUT2D eigenvalue weighted by Crippen LogP contribution is 2.22. The van der Waals surface area contributed by atoms with Crippen molar-refractivity contribution in [2.75, 3.05) is 13.1 Å². The third-order valence-corrected chi connectivity index (χ3v) is 3.36. The molecule has 2 heterocycles. The summed E-state index contributed by atoms with van der Waals surface area (Å²) >= 11 is 3.20. The van der Waals surface area contributed by atoms with Gasteiger partial charge in [0.2, 0.25) is 0 Å². The molecule has 0 aromatic carbocycles. The molecule has 15 heavy (non-hydrogen) atoms. The summed E-state index contributed by atoms with van der Waals surface area (Å²) in [7, 11) is 0. The van der Waals surface area contributed by atoms with Gasteiger partial charge in [-0.25, -0.2) is 0 Å². The van der Waals surface area contributed by atoms with Gasteiger partial charge in [0.25, 0.3) is 5.91 Å². The molecule has 1 saturated heterocycles. The summed E-state index contributed by atoms with van der Waals surface area (Å²) in [6, 6.07) is 3.46. The van der Waals surface area contributed by atoms with Gasteiger partial charge in [0.1, 0.15) is 0 Å². The molecule has 0 saturated carbocycles. The summed E-state index contributed by atoms with van der Waals surface area (Å²) in [5.41, 5.74) is 0. The number of rotatable bonds is 2. The van der Waals surface area contributed by atoms with Crippen molar-refractivity contribution < 1.29 is 9.21 Å². The molecule has 4 heteroatoms. The summed E-state index contributed by atoms with van der Waals surface area (Å²) in [5.74, 6) is 1.10. The molecule has 1 atom stereocenters. The average Bonchev–Trinajstić information content (AvgIpc) is 2.84. The molecule has 1 aliphatic rings. The van der Waals surface area contributed by atoms with E-state index in [1.54, 1.807) is 12.1 Å². The molecule has 2 rings (SSSR count). The first-order valence-electron chi connectivity index (χ1n) is 5.25. The molecule has 1 aliphatic heterocycles. The zero-order valence-electron chi connectivity index (χ0n) is 8.70. The molecule has 0 bridgehead atoms. The van der Waals surface area contributed by atoms with Crippen molar-refractivity contribution in [3.8, 4) is 0 Å². The Morgan fingerprint density at radius 3 is 3.00 bits per heavy atom. The van der Waals surface area contributed by atoms with Crippen molar-refractivity contribution in [2.45, 2.75) is 19.8 Å². The summed E-state index contributed by atoms with van der Waals surface area (Å²) < 4.78 is 5.86. The predicted molar refractivity (Wildman–Crippen MR) is 60.7 cm³/mol. The highest BCUT2D eigenvalue weighted by atomic mass is 79.9. The van der Waals surface area contributed by atoms with Gasteiger partial charge < -0.3 is 9.32 Å². The first-order chi connectivity index (χ1) is 7.20. The largest absolute Gasteiger partial charge is 0.444 e. The van der Waals surface area contributed by atoms with Crippen LogP contribution in [-0.2, 0) is 0 Å². The van der Waals surface area contributed by atoms with E-state index in [1.165, 1.54) is 0 Å². The molecule has 0 N–H and O–H groups in total. The quantitative estimate of drug-likeness (QED) is 0.829. The van der Waals surface area contributed by atoms with Gasteiger partial charge >= 0.3 is 0 Å². The number of carbonyl (C=O) groups excluding carboxylic acids is 1. The number of halogens is 1. The molecule has 1 aromatic rings. The SMILES string of the molecule is CCC1CCN(C(=O)c2ccc(Br)o2)C1. The molecule has 1 unspecified atom stereocenters. The van der Waals surface area contributed by atoms with E-state index >= 15 is 0 Å². The minimum absolute atomic E-state index is 0.0108. The van der Waals surface area contributed by atoms with E-state index in [0.717, 1.165) is 25.9 Å². The monoisotopic (exact) mass is 271 g/mol. The van der Waals surface area contributed by atoms with Gasteiger partial charge in [-0.15, -0.1) is 0 Å². The Kier molecular flexibility index (Phi) is 3.14. The number of carbonyl (C=O) groups is 1. The topological polar surface area (TPSA) is 33.5 Å². The van der Waals surface area contributed by atoms with Crippen molar-refractivity contribution in [1.82, 2.24) is 4.90 Å². The minimum atomic E-state index is 0.0108. The van der Waals surface area contributed by atoms with Crippen molar-refractivity contribution >= 4 is 21.8 Å². The molecule has 0 spiro atoms. The van der Waals surface area contributed by atoms with Crippen LogP contribution in [0.3, 0.4) is 0 Å². The van der Waals surface area contributed by atoms with Crippen LogP contribution in [0.15, 0.2) is 21.2 Å². The van der Waals surface area contributed by atoms with Gasteiger partial charge in [-0.3, -0.25) is 4.79 Å². The molecule has 3 nitrogen and oxygen atoms in total. The summed E-state index contributed by atoms with van der Waals surface area (Å²) in [6.45, 7) is 3.89. The van der Waals surface area contributed by atoms with Crippen LogP contribution in [0.1, 0.15) is 30.3 Å². The third kappa shape index (κ3) is 2.25. The smallest absolute Gasteiger partial charge is 0.289 e. The fraction of sp³-hybridized carbons (Fsp3) is 0.545. The Morgan fingerprint density at radius 1 is 1.67 bits per heavy atom. The molecule has 0 radical (unpaired) electrons. The van der Waals surface area contributed by atoms with Crippen LogP contribution in [0.2, 0.25) is 0 Å². The number of nitrogens with zero attached hydrogens (tertiary/aromatic N) is 1. The van der Waals surface area contributed by atoms with E-state index in [1.807, 2.05) is 4.90 Å². The van der Waals surface area contributed by atoms with Crippen LogP contribution in [-0.4, -0.2) is 23.9 Å². The number of likely N-dealkylation sites (tertiary alicyclic amines) is 1. The van der Waals surface area contributed by atoms with Gasteiger partial charge in [0.05, 0.1) is 0 Å². The Balaban J connectivity index is 2.03. The van der Waals surface area contributed by atoms with Crippen LogP contribution in [0.25, 0.3) is 0 Å². The number of hydrogen-bond donors (Lipinski definition) is 0. The number of hydrogen-bond acceptors (Lipinski definition) is 2. The molecular weight excluding hydrogens is 258 g/mol. The maximum Gasteiger partial charge on any atom is 0.289 e. The summed E-state index contributed by atoms with van der Waals surface area (Å²) in [4.78, 5) is 13.8. The first kappa shape index (κ1) is 10.7. The Labute approximate surface area is 97.6 Å². The fourth-order valence-electron chi connectivity index (χ4n) is 1.94. The lowest BCUT2D eigenvalue weighted by Crippen LogP contribution is -2.28. The van der Waals surface area contributed by atoms with E-state index in [0.29, 0.717) is 16.3 Å². The second kappa shape index (κ2) is 4.39. The van der Waals surface area contributed by atoms with Crippen molar-refractivity contribution in [1.29, 1.82) is 0 Å². The van der Waals surface area contributed by atoms with Gasteiger partial charge in [-0.2, -0.15) is 0 Å². The number of amides is 1. The molecule has 0 aliphatic carbocycles. The molecular formula is C11H14BrNO2. The molecule has 82 valence electrons. The third-order valence-electron chi connectivity index (χ3n) is 2.93. The van der Waals surface area contributed by atoms with E-state index in [9.17, 15) is 4.79 Å². The van der Waals surface area contributed by atoms with Gasteiger partial charge in [-0.05, 0) is 40.4 Å². The zero-order chi connectivity index (χ0) is 10.8. The van der Waals surface area contributed by atoms with E-state index < -0.39 is 0 Å². The van der Waals surface area contributed by atoms with Crippen LogP contribution in [0.5, 0.6) is 0 Å². The Bertz CT molecular complexity index is 361. The van der Waals surface area contributed by atoms with Crippen LogP contribution < -0.4 is 0 Å². The Hall–Kier alpha value is -0.770. The van der Waals surface area contributed by atoms with Crippen molar-refractivity contribution in [2.24, 2.45) is 5.92 Å². The average molecular weight is 272 g/mol. The molecule has 1 aromatic heterocycles. The van der Waals surface area contributed by atoms with Crippen molar-refractivity contribution in [3.05, 3.63) is 22.6 Å². The summed E-state index contributed by atoms with van der Waals surface area (Å²) in [5, 5.41) is 0. The van der Waals surface area contributed by atoms with E-state index in [4.69, 9.17) is 4.42 Å². The van der Waals surface area contributed by atoms with Gasteiger partial charge in [0, 0.05) is 13.1 Å². The van der Waals surface area contributed by atoms with Crippen LogP contribution in [0, 0.1) is 5.92 Å². The normalized spacial score (nSPS) is 20.9. The fourth-order valence-corrected chi connectivity index (χ4v) is 2.24. The maximum absolute atomic E-state index is 11.9. The lowest BCUT2D eigenvalue weighted by molar-refractivity contribution is 0.0754. The van der Waals surface area contributed by atoms with Crippen molar-refractivity contribution in [3.63, 3.8) is 0 Å². The summed E-state index contributed by atoms with van der Waals surface area (Å²) in [6.07, 6.45) is 2.26.